The van der Waals surface area contributed by atoms with Gasteiger partial charge in [-0.1, -0.05) is 30.3 Å². The van der Waals surface area contributed by atoms with Gasteiger partial charge in [0.2, 0.25) is 0 Å². The molecule has 156 valence electrons. The Kier molecular flexibility index (Phi) is 5.06. The lowest BCUT2D eigenvalue weighted by atomic mass is 10.2. The van der Waals surface area contributed by atoms with E-state index in [1.54, 1.807) is 11.3 Å². The number of anilines is 1. The fourth-order valence-corrected chi connectivity index (χ4v) is 5.03. The second-order valence-corrected chi connectivity index (χ2v) is 9.46. The molecular weight excluding hydrogens is 394 g/mol. The summed E-state index contributed by atoms with van der Waals surface area (Å²) in [6, 6.07) is 10.0. The topological polar surface area (TPSA) is 61.4 Å². The number of carbonyl (C=O) groups is 1. The van der Waals surface area contributed by atoms with E-state index in [0.717, 1.165) is 35.1 Å². The molecular formula is C23H27N5OS. The Hall–Kier alpha value is -2.67. The van der Waals surface area contributed by atoms with E-state index < -0.39 is 0 Å². The van der Waals surface area contributed by atoms with Crippen molar-refractivity contribution >= 4 is 33.4 Å². The van der Waals surface area contributed by atoms with Gasteiger partial charge in [-0.2, -0.15) is 0 Å². The molecule has 0 unspecified atom stereocenters. The summed E-state index contributed by atoms with van der Waals surface area (Å²) >= 11 is 1.77. The largest absolute Gasteiger partial charge is 0.352 e. The van der Waals surface area contributed by atoms with Gasteiger partial charge >= 0.3 is 6.03 Å². The first-order valence-corrected chi connectivity index (χ1v) is 11.5. The van der Waals surface area contributed by atoms with E-state index in [0.29, 0.717) is 25.6 Å². The number of rotatable bonds is 4. The third-order valence-corrected chi connectivity index (χ3v) is 7.22. The third-order valence-electron chi connectivity index (χ3n) is 6.12. The summed E-state index contributed by atoms with van der Waals surface area (Å²) in [6.07, 6.45) is 2.40. The number of aromatic nitrogens is 2. The van der Waals surface area contributed by atoms with Gasteiger partial charge in [-0.05, 0) is 37.8 Å². The van der Waals surface area contributed by atoms with E-state index in [4.69, 9.17) is 9.97 Å². The minimum absolute atomic E-state index is 0.00700. The number of aryl methyl sites for hydroxylation is 2. The van der Waals surface area contributed by atoms with Crippen molar-refractivity contribution in [3.8, 4) is 0 Å². The molecule has 5 rings (SSSR count). The molecule has 6 nitrogen and oxygen atoms in total. The molecule has 2 aromatic heterocycles. The third kappa shape index (κ3) is 3.74. The average molecular weight is 422 g/mol. The number of nitrogens with zero attached hydrogens (tertiary/aromatic N) is 4. The van der Waals surface area contributed by atoms with Gasteiger partial charge in [0, 0.05) is 43.5 Å². The summed E-state index contributed by atoms with van der Waals surface area (Å²) in [5.74, 6) is 2.59. The summed E-state index contributed by atoms with van der Waals surface area (Å²) in [5.41, 5.74) is 2.40. The van der Waals surface area contributed by atoms with E-state index >= 15 is 0 Å². The van der Waals surface area contributed by atoms with Gasteiger partial charge in [-0.15, -0.1) is 11.3 Å². The Balaban J connectivity index is 1.29. The number of nitrogens with one attached hydrogen (secondary N) is 1. The Morgan fingerprint density at radius 1 is 1.10 bits per heavy atom. The van der Waals surface area contributed by atoms with Crippen LogP contribution >= 0.6 is 11.3 Å². The van der Waals surface area contributed by atoms with Gasteiger partial charge in [-0.25, -0.2) is 14.8 Å². The monoisotopic (exact) mass is 421 g/mol. The first-order chi connectivity index (χ1) is 14.6. The highest BCUT2D eigenvalue weighted by Gasteiger charge is 2.30. The molecule has 1 aromatic carbocycles. The average Bonchev–Trinajstić information content (AvgIpc) is 3.59. The van der Waals surface area contributed by atoms with Crippen molar-refractivity contribution in [2.45, 2.75) is 39.2 Å². The lowest BCUT2D eigenvalue weighted by Gasteiger charge is -2.35. The number of amides is 2. The molecule has 1 aliphatic carbocycles. The molecule has 3 aromatic rings. The normalized spacial score (nSPS) is 16.9. The van der Waals surface area contributed by atoms with Crippen LogP contribution < -0.4 is 10.2 Å². The zero-order valence-electron chi connectivity index (χ0n) is 17.5. The zero-order valence-corrected chi connectivity index (χ0v) is 18.3. The van der Waals surface area contributed by atoms with Crippen LogP contribution in [0.4, 0.5) is 10.6 Å². The van der Waals surface area contributed by atoms with Crippen LogP contribution in [0.5, 0.6) is 0 Å². The number of urea groups is 1. The van der Waals surface area contributed by atoms with Gasteiger partial charge < -0.3 is 15.1 Å². The maximum Gasteiger partial charge on any atom is 0.317 e. The number of carbonyl (C=O) groups excluding carboxylic acids is 1. The molecule has 0 bridgehead atoms. The molecule has 1 N–H and O–H groups in total. The highest BCUT2D eigenvalue weighted by molar-refractivity contribution is 7.18. The van der Waals surface area contributed by atoms with Crippen molar-refractivity contribution in [3.63, 3.8) is 0 Å². The van der Waals surface area contributed by atoms with Crippen LogP contribution in [-0.2, 0) is 6.54 Å². The lowest BCUT2D eigenvalue weighted by Crippen LogP contribution is -2.52. The van der Waals surface area contributed by atoms with E-state index in [-0.39, 0.29) is 6.03 Å². The smallest absolute Gasteiger partial charge is 0.317 e. The minimum atomic E-state index is 0.00700. The fraction of sp³-hybridized carbons (Fsp3) is 0.435. The summed E-state index contributed by atoms with van der Waals surface area (Å²) in [5, 5.41) is 4.24. The van der Waals surface area contributed by atoms with E-state index in [2.05, 4.69) is 24.1 Å². The Morgan fingerprint density at radius 2 is 1.83 bits per heavy atom. The molecule has 1 saturated heterocycles. The van der Waals surface area contributed by atoms with Crippen LogP contribution in [0.15, 0.2) is 30.3 Å². The van der Waals surface area contributed by atoms with Gasteiger partial charge in [0.25, 0.3) is 0 Å². The molecule has 1 aliphatic heterocycles. The Labute approximate surface area is 180 Å². The van der Waals surface area contributed by atoms with E-state index in [9.17, 15) is 4.79 Å². The standard InChI is InChI=1S/C23H27N5OS/c1-15-16(2)30-22-19(15)21(25-20(26-22)18-8-9-18)27-10-12-28(13-11-27)23(29)24-14-17-6-4-3-5-7-17/h3-7,18H,8-14H2,1-2H3,(H,24,29). The quantitative estimate of drug-likeness (QED) is 0.685. The van der Waals surface area contributed by atoms with E-state index in [1.807, 2.05) is 35.2 Å². The molecule has 30 heavy (non-hydrogen) atoms. The molecule has 0 radical (unpaired) electrons. The molecule has 3 heterocycles. The minimum Gasteiger partial charge on any atom is -0.352 e. The van der Waals surface area contributed by atoms with Crippen LogP contribution in [0, 0.1) is 13.8 Å². The van der Waals surface area contributed by atoms with Gasteiger partial charge in [-0.3, -0.25) is 0 Å². The first kappa shape index (κ1) is 19.3. The molecule has 7 heteroatoms. The fourth-order valence-electron chi connectivity index (χ4n) is 4.00. The number of hydrogen-bond donors (Lipinski definition) is 1. The van der Waals surface area contributed by atoms with E-state index in [1.165, 1.54) is 28.7 Å². The molecule has 2 amide bonds. The summed E-state index contributed by atoms with van der Waals surface area (Å²) in [4.78, 5) is 29.2. The second kappa shape index (κ2) is 7.87. The van der Waals surface area contributed by atoms with Crippen molar-refractivity contribution in [1.82, 2.24) is 20.2 Å². The van der Waals surface area contributed by atoms with Crippen molar-refractivity contribution in [2.75, 3.05) is 31.1 Å². The number of thiophene rings is 1. The van der Waals surface area contributed by atoms with Gasteiger partial charge in [0.05, 0.1) is 5.39 Å². The van der Waals surface area contributed by atoms with Crippen LogP contribution in [0.25, 0.3) is 10.2 Å². The predicted octanol–water partition coefficient (Wildman–Crippen LogP) is 4.22. The number of fused-ring (bicyclic) bond motifs is 1. The van der Waals surface area contributed by atoms with Crippen LogP contribution in [0.3, 0.4) is 0 Å². The van der Waals surface area contributed by atoms with Gasteiger partial charge in [0.15, 0.2) is 0 Å². The first-order valence-electron chi connectivity index (χ1n) is 10.7. The zero-order chi connectivity index (χ0) is 20.7. The highest BCUT2D eigenvalue weighted by atomic mass is 32.1. The van der Waals surface area contributed by atoms with Crippen LogP contribution in [0.1, 0.15) is 40.6 Å². The summed E-state index contributed by atoms with van der Waals surface area (Å²) in [7, 11) is 0. The SMILES string of the molecule is Cc1sc2nc(C3CC3)nc(N3CCN(C(=O)NCc4ccccc4)CC3)c2c1C. The maximum atomic E-state index is 12.6. The number of benzene rings is 1. The van der Waals surface area contributed by atoms with Crippen molar-refractivity contribution < 1.29 is 4.79 Å². The van der Waals surface area contributed by atoms with Crippen molar-refractivity contribution in [1.29, 1.82) is 0 Å². The molecule has 0 atom stereocenters. The highest BCUT2D eigenvalue weighted by Crippen LogP contribution is 2.42. The van der Waals surface area contributed by atoms with Crippen molar-refractivity contribution in [2.24, 2.45) is 0 Å². The van der Waals surface area contributed by atoms with Crippen LogP contribution in [0.2, 0.25) is 0 Å². The Bertz CT molecular complexity index is 1070. The maximum absolute atomic E-state index is 12.6. The predicted molar refractivity (Wildman–Crippen MR) is 121 cm³/mol. The van der Waals surface area contributed by atoms with Gasteiger partial charge in [0.1, 0.15) is 16.5 Å². The summed E-state index contributed by atoms with van der Waals surface area (Å²) in [6.45, 7) is 7.89. The molecule has 2 aliphatic rings. The van der Waals surface area contributed by atoms with Crippen molar-refractivity contribution in [3.05, 3.63) is 52.2 Å². The molecule has 1 saturated carbocycles. The lowest BCUT2D eigenvalue weighted by molar-refractivity contribution is 0.194. The molecule has 0 spiro atoms. The van der Waals surface area contributed by atoms with Crippen LogP contribution in [-0.4, -0.2) is 47.1 Å². The Morgan fingerprint density at radius 3 is 2.53 bits per heavy atom. The number of hydrogen-bond acceptors (Lipinski definition) is 5. The molecule has 2 fully saturated rings. The summed E-state index contributed by atoms with van der Waals surface area (Å²) < 4.78 is 0. The number of piperazine rings is 1. The second-order valence-electron chi connectivity index (χ2n) is 8.26.